The highest BCUT2D eigenvalue weighted by atomic mass is 32.2. The Morgan fingerprint density at radius 1 is 1.07 bits per heavy atom. The Balaban J connectivity index is 1.32. The molecule has 0 N–H and O–H groups in total. The SMILES string of the molecule is O=C(CSc1nc2ccccc2s1)N1CCN(S(=O)(=O)c2ccc(F)cc2)CC1. The zero-order valence-corrected chi connectivity index (χ0v) is 17.8. The van der Waals surface area contributed by atoms with Crippen LogP contribution in [0.25, 0.3) is 10.2 Å². The number of benzene rings is 2. The average Bonchev–Trinajstić information content (AvgIpc) is 3.15. The number of hydrogen-bond acceptors (Lipinski definition) is 6. The van der Waals surface area contributed by atoms with Gasteiger partial charge in [-0.25, -0.2) is 17.8 Å². The molecule has 6 nitrogen and oxygen atoms in total. The molecule has 1 aliphatic rings. The van der Waals surface area contributed by atoms with E-state index in [-0.39, 0.29) is 29.6 Å². The van der Waals surface area contributed by atoms with E-state index in [9.17, 15) is 17.6 Å². The van der Waals surface area contributed by atoms with E-state index in [1.807, 2.05) is 24.3 Å². The van der Waals surface area contributed by atoms with Crippen molar-refractivity contribution in [2.75, 3.05) is 31.9 Å². The maximum absolute atomic E-state index is 13.1. The van der Waals surface area contributed by atoms with E-state index in [0.29, 0.717) is 13.1 Å². The fourth-order valence-electron chi connectivity index (χ4n) is 3.06. The number of fused-ring (bicyclic) bond motifs is 1. The van der Waals surface area contributed by atoms with Gasteiger partial charge in [0.1, 0.15) is 5.82 Å². The largest absolute Gasteiger partial charge is 0.339 e. The number of carbonyl (C=O) groups excluding carboxylic acids is 1. The minimum Gasteiger partial charge on any atom is -0.339 e. The second kappa shape index (κ2) is 8.39. The van der Waals surface area contributed by atoms with E-state index in [4.69, 9.17) is 0 Å². The number of thioether (sulfide) groups is 1. The number of halogens is 1. The van der Waals surface area contributed by atoms with Crippen LogP contribution >= 0.6 is 23.1 Å². The Labute approximate surface area is 176 Å². The smallest absolute Gasteiger partial charge is 0.243 e. The van der Waals surface area contributed by atoms with Gasteiger partial charge in [0, 0.05) is 26.2 Å². The Morgan fingerprint density at radius 2 is 1.76 bits per heavy atom. The molecule has 0 aliphatic carbocycles. The molecule has 0 spiro atoms. The third kappa shape index (κ3) is 4.45. The highest BCUT2D eigenvalue weighted by molar-refractivity contribution is 8.01. The molecule has 10 heteroatoms. The molecule has 0 radical (unpaired) electrons. The number of rotatable bonds is 5. The molecule has 2 heterocycles. The number of aromatic nitrogens is 1. The van der Waals surface area contributed by atoms with Crippen LogP contribution in [0.15, 0.2) is 57.8 Å². The number of nitrogens with zero attached hydrogens (tertiary/aromatic N) is 3. The first kappa shape index (κ1) is 20.3. The Morgan fingerprint density at radius 3 is 2.45 bits per heavy atom. The fourth-order valence-corrected chi connectivity index (χ4v) is 6.45. The number of amides is 1. The number of sulfonamides is 1. The van der Waals surface area contributed by atoms with Crippen molar-refractivity contribution < 1.29 is 17.6 Å². The lowest BCUT2D eigenvalue weighted by atomic mass is 10.3. The molecule has 2 aromatic carbocycles. The van der Waals surface area contributed by atoms with Crippen LogP contribution in [0.4, 0.5) is 4.39 Å². The van der Waals surface area contributed by atoms with Crippen molar-refractivity contribution in [2.45, 2.75) is 9.24 Å². The summed E-state index contributed by atoms with van der Waals surface area (Å²) in [6, 6.07) is 12.6. The van der Waals surface area contributed by atoms with Crippen LogP contribution in [-0.2, 0) is 14.8 Å². The van der Waals surface area contributed by atoms with Crippen LogP contribution in [0.2, 0.25) is 0 Å². The molecule has 0 atom stereocenters. The van der Waals surface area contributed by atoms with Crippen molar-refractivity contribution in [3.8, 4) is 0 Å². The quantitative estimate of drug-likeness (QED) is 0.558. The molecule has 152 valence electrons. The van der Waals surface area contributed by atoms with Gasteiger partial charge in [0.2, 0.25) is 15.9 Å². The van der Waals surface area contributed by atoms with Gasteiger partial charge < -0.3 is 4.90 Å². The Bertz CT molecular complexity index is 1090. The van der Waals surface area contributed by atoms with Crippen LogP contribution in [0, 0.1) is 5.82 Å². The molecule has 1 aliphatic heterocycles. The number of piperazine rings is 1. The predicted octanol–water partition coefficient (Wildman–Crippen LogP) is 3.06. The van der Waals surface area contributed by atoms with Crippen LogP contribution in [0.1, 0.15) is 0 Å². The predicted molar refractivity (Wildman–Crippen MR) is 112 cm³/mol. The zero-order chi connectivity index (χ0) is 20.4. The van der Waals surface area contributed by atoms with Crippen molar-refractivity contribution in [1.82, 2.24) is 14.2 Å². The third-order valence-electron chi connectivity index (χ3n) is 4.64. The standard InChI is InChI=1S/C19H18FN3O3S3/c20-14-5-7-15(8-6-14)29(25,26)23-11-9-22(10-12-23)18(24)13-27-19-21-16-3-1-2-4-17(16)28-19/h1-8H,9-13H2. The first-order valence-electron chi connectivity index (χ1n) is 8.95. The van der Waals surface area contributed by atoms with Gasteiger partial charge in [-0.3, -0.25) is 4.79 Å². The van der Waals surface area contributed by atoms with E-state index >= 15 is 0 Å². The maximum atomic E-state index is 13.1. The second-order valence-corrected chi connectivity index (χ2v) is 10.7. The topological polar surface area (TPSA) is 70.6 Å². The first-order valence-corrected chi connectivity index (χ1v) is 12.2. The van der Waals surface area contributed by atoms with Crippen molar-refractivity contribution in [2.24, 2.45) is 0 Å². The van der Waals surface area contributed by atoms with Crippen LogP contribution < -0.4 is 0 Å². The van der Waals surface area contributed by atoms with Gasteiger partial charge in [-0.1, -0.05) is 23.9 Å². The van der Waals surface area contributed by atoms with Gasteiger partial charge in [0.05, 0.1) is 20.9 Å². The molecule has 0 bridgehead atoms. The number of para-hydroxylation sites is 1. The van der Waals surface area contributed by atoms with Gasteiger partial charge >= 0.3 is 0 Å². The van der Waals surface area contributed by atoms with E-state index in [0.717, 1.165) is 26.7 Å². The highest BCUT2D eigenvalue weighted by Gasteiger charge is 2.30. The summed E-state index contributed by atoms with van der Waals surface area (Å²) in [5.41, 5.74) is 0.923. The number of carbonyl (C=O) groups is 1. The molecule has 0 unspecified atom stereocenters. The lowest BCUT2D eigenvalue weighted by molar-refractivity contribution is -0.129. The van der Waals surface area contributed by atoms with Gasteiger partial charge in [-0.15, -0.1) is 11.3 Å². The molecule has 1 fully saturated rings. The van der Waals surface area contributed by atoms with E-state index in [2.05, 4.69) is 4.98 Å². The van der Waals surface area contributed by atoms with Crippen LogP contribution in [0.3, 0.4) is 0 Å². The van der Waals surface area contributed by atoms with Gasteiger partial charge in [0.25, 0.3) is 0 Å². The van der Waals surface area contributed by atoms with Crippen molar-refractivity contribution >= 4 is 49.2 Å². The minimum atomic E-state index is -3.68. The van der Waals surface area contributed by atoms with Gasteiger partial charge in [-0.05, 0) is 36.4 Å². The Hall–Kier alpha value is -2.01. The number of thiazole rings is 1. The van der Waals surface area contributed by atoms with Gasteiger partial charge in [0.15, 0.2) is 4.34 Å². The molecular weight excluding hydrogens is 433 g/mol. The van der Waals surface area contributed by atoms with Crippen molar-refractivity contribution in [1.29, 1.82) is 0 Å². The zero-order valence-electron chi connectivity index (χ0n) is 15.3. The second-order valence-electron chi connectivity index (χ2n) is 6.47. The summed E-state index contributed by atoms with van der Waals surface area (Å²) in [6.07, 6.45) is 0. The summed E-state index contributed by atoms with van der Waals surface area (Å²) in [5, 5.41) is 0. The Kier molecular flexibility index (Phi) is 5.86. The molecule has 4 rings (SSSR count). The van der Waals surface area contributed by atoms with Crippen LogP contribution in [-0.4, -0.2) is 60.4 Å². The highest BCUT2D eigenvalue weighted by Crippen LogP contribution is 2.29. The summed E-state index contributed by atoms with van der Waals surface area (Å²) in [7, 11) is -3.68. The molecule has 0 saturated carbocycles. The summed E-state index contributed by atoms with van der Waals surface area (Å²) >= 11 is 2.96. The summed E-state index contributed by atoms with van der Waals surface area (Å²) in [6.45, 7) is 1.10. The average molecular weight is 452 g/mol. The lowest BCUT2D eigenvalue weighted by Gasteiger charge is -2.34. The molecule has 1 amide bonds. The van der Waals surface area contributed by atoms with Gasteiger partial charge in [-0.2, -0.15) is 4.31 Å². The summed E-state index contributed by atoms with van der Waals surface area (Å²) in [4.78, 5) is 18.8. The third-order valence-corrected chi connectivity index (χ3v) is 8.71. The lowest BCUT2D eigenvalue weighted by Crippen LogP contribution is -2.50. The molecule has 3 aromatic rings. The van der Waals surface area contributed by atoms with E-state index < -0.39 is 15.8 Å². The summed E-state index contributed by atoms with van der Waals surface area (Å²) < 4.78 is 41.6. The maximum Gasteiger partial charge on any atom is 0.243 e. The summed E-state index contributed by atoms with van der Waals surface area (Å²) in [5.74, 6) is -0.247. The number of hydrogen-bond donors (Lipinski definition) is 0. The fraction of sp³-hybridized carbons (Fsp3) is 0.263. The minimum absolute atomic E-state index is 0.0342. The van der Waals surface area contributed by atoms with E-state index in [1.165, 1.54) is 28.2 Å². The molecule has 29 heavy (non-hydrogen) atoms. The van der Waals surface area contributed by atoms with Crippen molar-refractivity contribution in [3.63, 3.8) is 0 Å². The van der Waals surface area contributed by atoms with Crippen LogP contribution in [0.5, 0.6) is 0 Å². The van der Waals surface area contributed by atoms with E-state index in [1.54, 1.807) is 16.2 Å². The first-order chi connectivity index (χ1) is 13.9. The van der Waals surface area contributed by atoms with Crippen molar-refractivity contribution in [3.05, 3.63) is 54.3 Å². The monoisotopic (exact) mass is 451 g/mol. The molecule has 1 aromatic heterocycles. The molecule has 1 saturated heterocycles. The molecular formula is C19H18FN3O3S3. The normalized spacial score (nSPS) is 15.7.